The maximum absolute atomic E-state index is 12.6. The predicted octanol–water partition coefficient (Wildman–Crippen LogP) is 9.79. The first-order valence-corrected chi connectivity index (χ1v) is 13.9. The van der Waals surface area contributed by atoms with Crippen molar-refractivity contribution in [3.63, 3.8) is 0 Å². The summed E-state index contributed by atoms with van der Waals surface area (Å²) in [6, 6.07) is 0. The van der Waals surface area contributed by atoms with Gasteiger partial charge in [-0.2, -0.15) is 0 Å². The van der Waals surface area contributed by atoms with Crippen molar-refractivity contribution >= 4 is 5.97 Å². The van der Waals surface area contributed by atoms with E-state index in [1.54, 1.807) is 0 Å². The second-order valence-corrected chi connectivity index (χ2v) is 9.45. The van der Waals surface area contributed by atoms with Crippen LogP contribution < -0.4 is 0 Å². The topological polar surface area (TPSA) is 26.3 Å². The van der Waals surface area contributed by atoms with Crippen molar-refractivity contribution in [2.75, 3.05) is 6.61 Å². The molecule has 0 saturated carbocycles. The normalized spacial score (nSPS) is 11.3. The van der Waals surface area contributed by atoms with Gasteiger partial charge in [-0.3, -0.25) is 4.79 Å². The van der Waals surface area contributed by atoms with E-state index < -0.39 is 0 Å². The number of carbonyl (C=O) groups is 1. The highest BCUT2D eigenvalue weighted by atomic mass is 16.5. The van der Waals surface area contributed by atoms with Gasteiger partial charge in [0, 0.05) is 0 Å². The summed E-state index contributed by atoms with van der Waals surface area (Å²) in [5.74, 6) is 0.244. The van der Waals surface area contributed by atoms with Crippen LogP contribution in [0.1, 0.15) is 162 Å². The minimum absolute atomic E-state index is 0.0948. The molecule has 0 aliphatic rings. The molecule has 0 unspecified atom stereocenters. The van der Waals surface area contributed by atoms with E-state index in [-0.39, 0.29) is 11.9 Å². The Morgan fingerprint density at radius 2 is 0.833 bits per heavy atom. The molecule has 0 aromatic carbocycles. The van der Waals surface area contributed by atoms with Crippen molar-refractivity contribution in [2.45, 2.75) is 162 Å². The molecular formula is C28H56O2. The first kappa shape index (κ1) is 29.5. The minimum atomic E-state index is 0.0948. The average Bonchev–Trinajstić information content (AvgIpc) is 2.75. The quantitative estimate of drug-likeness (QED) is 0.114. The maximum Gasteiger partial charge on any atom is 0.308 e. The highest BCUT2D eigenvalue weighted by molar-refractivity contribution is 5.72. The predicted molar refractivity (Wildman–Crippen MR) is 133 cm³/mol. The van der Waals surface area contributed by atoms with E-state index in [9.17, 15) is 4.79 Å². The van der Waals surface area contributed by atoms with Crippen LogP contribution in [0.5, 0.6) is 0 Å². The molecule has 0 aromatic heterocycles. The third-order valence-electron chi connectivity index (χ3n) is 6.39. The van der Waals surface area contributed by atoms with Gasteiger partial charge in [0.2, 0.25) is 0 Å². The lowest BCUT2D eigenvalue weighted by Gasteiger charge is -2.16. The zero-order valence-electron chi connectivity index (χ0n) is 21.2. The van der Waals surface area contributed by atoms with Gasteiger partial charge < -0.3 is 4.74 Å². The van der Waals surface area contributed by atoms with Gasteiger partial charge >= 0.3 is 5.97 Å². The van der Waals surface area contributed by atoms with Gasteiger partial charge in [-0.25, -0.2) is 0 Å². The number of unbranched alkanes of at least 4 members (excludes halogenated alkanes) is 17. The van der Waals surface area contributed by atoms with Gasteiger partial charge in [-0.1, -0.05) is 143 Å². The molecule has 0 aromatic rings. The van der Waals surface area contributed by atoms with Crippen molar-refractivity contribution in [3.05, 3.63) is 0 Å². The zero-order chi connectivity index (χ0) is 22.1. The lowest BCUT2D eigenvalue weighted by atomic mass is 9.94. The second-order valence-electron chi connectivity index (χ2n) is 9.45. The summed E-state index contributed by atoms with van der Waals surface area (Å²) >= 11 is 0. The molecule has 0 heterocycles. The van der Waals surface area contributed by atoms with E-state index in [1.807, 2.05) is 0 Å². The highest BCUT2D eigenvalue weighted by Crippen LogP contribution is 2.21. The number of carbonyl (C=O) groups excluding carboxylic acids is 1. The summed E-state index contributed by atoms with van der Waals surface area (Å²) in [5.41, 5.74) is 0. The molecule has 2 nitrogen and oxygen atoms in total. The summed E-state index contributed by atoms with van der Waals surface area (Å²) in [6.07, 6.45) is 28.1. The molecule has 0 fully saturated rings. The average molecular weight is 425 g/mol. The van der Waals surface area contributed by atoms with Crippen LogP contribution in [-0.4, -0.2) is 12.6 Å². The molecule has 0 radical (unpaired) electrons. The molecular weight excluding hydrogens is 368 g/mol. The van der Waals surface area contributed by atoms with Gasteiger partial charge in [0.05, 0.1) is 12.5 Å². The molecule has 0 rings (SSSR count). The highest BCUT2D eigenvalue weighted by Gasteiger charge is 2.19. The number of hydrogen-bond donors (Lipinski definition) is 0. The van der Waals surface area contributed by atoms with E-state index in [1.165, 1.54) is 122 Å². The molecule has 0 bridgehead atoms. The fourth-order valence-corrected chi connectivity index (χ4v) is 4.25. The standard InChI is InChI=1S/C28H56O2/c1-4-7-10-13-15-17-19-21-24-27(28(29)30-26-23-12-9-6-3)25-22-20-18-16-14-11-8-5-2/h27H,4-26H2,1-3H3. The maximum atomic E-state index is 12.6. The van der Waals surface area contributed by atoms with Crippen LogP contribution in [0, 0.1) is 5.92 Å². The first-order chi connectivity index (χ1) is 14.8. The van der Waals surface area contributed by atoms with E-state index in [4.69, 9.17) is 4.74 Å². The summed E-state index contributed by atoms with van der Waals surface area (Å²) in [7, 11) is 0. The summed E-state index contributed by atoms with van der Waals surface area (Å²) in [5, 5.41) is 0. The fourth-order valence-electron chi connectivity index (χ4n) is 4.25. The lowest BCUT2D eigenvalue weighted by molar-refractivity contribution is -0.149. The van der Waals surface area contributed by atoms with Crippen LogP contribution in [0.4, 0.5) is 0 Å². The van der Waals surface area contributed by atoms with E-state index in [0.717, 1.165) is 19.3 Å². The first-order valence-electron chi connectivity index (χ1n) is 13.9. The van der Waals surface area contributed by atoms with Gasteiger partial charge in [-0.05, 0) is 19.3 Å². The molecule has 0 saturated heterocycles. The van der Waals surface area contributed by atoms with Crippen LogP contribution >= 0.6 is 0 Å². The van der Waals surface area contributed by atoms with E-state index in [2.05, 4.69) is 20.8 Å². The number of hydrogen-bond acceptors (Lipinski definition) is 2. The van der Waals surface area contributed by atoms with Crippen LogP contribution in [-0.2, 0) is 9.53 Å². The van der Waals surface area contributed by atoms with Gasteiger partial charge in [-0.15, -0.1) is 0 Å². The van der Waals surface area contributed by atoms with Gasteiger partial charge in [0.1, 0.15) is 0 Å². The monoisotopic (exact) mass is 424 g/mol. The molecule has 0 aliphatic heterocycles. The fraction of sp³-hybridized carbons (Fsp3) is 0.964. The van der Waals surface area contributed by atoms with Crippen LogP contribution in [0.2, 0.25) is 0 Å². The van der Waals surface area contributed by atoms with E-state index >= 15 is 0 Å². The number of esters is 1. The molecule has 2 heteroatoms. The van der Waals surface area contributed by atoms with Gasteiger partial charge in [0.15, 0.2) is 0 Å². The SMILES string of the molecule is CCCCCCCCCCC(CCCCCCCCCC)C(=O)OCCCCCC. The molecule has 0 amide bonds. The van der Waals surface area contributed by atoms with Crippen molar-refractivity contribution < 1.29 is 9.53 Å². The van der Waals surface area contributed by atoms with Crippen LogP contribution in [0.3, 0.4) is 0 Å². The van der Waals surface area contributed by atoms with Crippen LogP contribution in [0.15, 0.2) is 0 Å². The third kappa shape index (κ3) is 20.7. The van der Waals surface area contributed by atoms with Crippen LogP contribution in [0.25, 0.3) is 0 Å². The van der Waals surface area contributed by atoms with Crippen molar-refractivity contribution in [1.82, 2.24) is 0 Å². The Kier molecular flexibility index (Phi) is 24.3. The Labute approximate surface area is 190 Å². The molecule has 0 aliphatic carbocycles. The Balaban J connectivity index is 4.01. The summed E-state index contributed by atoms with van der Waals surface area (Å²) in [4.78, 5) is 12.6. The lowest BCUT2D eigenvalue weighted by Crippen LogP contribution is -2.18. The molecule has 0 N–H and O–H groups in total. The largest absolute Gasteiger partial charge is 0.465 e. The van der Waals surface area contributed by atoms with Crippen molar-refractivity contribution in [3.8, 4) is 0 Å². The Bertz CT molecular complexity index is 320. The number of rotatable bonds is 24. The summed E-state index contributed by atoms with van der Waals surface area (Å²) in [6.45, 7) is 7.39. The zero-order valence-corrected chi connectivity index (χ0v) is 21.2. The van der Waals surface area contributed by atoms with Crippen molar-refractivity contribution in [2.24, 2.45) is 5.92 Å². The Morgan fingerprint density at radius 3 is 1.23 bits per heavy atom. The third-order valence-corrected chi connectivity index (χ3v) is 6.39. The van der Waals surface area contributed by atoms with Gasteiger partial charge in [0.25, 0.3) is 0 Å². The number of ether oxygens (including phenoxy) is 1. The molecule has 180 valence electrons. The smallest absolute Gasteiger partial charge is 0.308 e. The minimum Gasteiger partial charge on any atom is -0.465 e. The van der Waals surface area contributed by atoms with E-state index in [0.29, 0.717) is 6.61 Å². The molecule has 0 spiro atoms. The Morgan fingerprint density at radius 1 is 0.500 bits per heavy atom. The summed E-state index contributed by atoms with van der Waals surface area (Å²) < 4.78 is 5.66. The molecule has 0 atom stereocenters. The molecule has 30 heavy (non-hydrogen) atoms. The second kappa shape index (κ2) is 24.7. The van der Waals surface area contributed by atoms with Crippen molar-refractivity contribution in [1.29, 1.82) is 0 Å². The Hall–Kier alpha value is -0.530.